The zero-order valence-corrected chi connectivity index (χ0v) is 12.8. The van der Waals surface area contributed by atoms with Crippen molar-refractivity contribution in [3.63, 3.8) is 0 Å². The Morgan fingerprint density at radius 3 is 2.09 bits per heavy atom. The number of nitrogens with two attached hydrogens (primary N) is 1. The molecule has 7 nitrogen and oxygen atoms in total. The second kappa shape index (κ2) is 7.46. The number of hydrogen-bond donors (Lipinski definition) is 1. The van der Waals surface area contributed by atoms with Crippen molar-refractivity contribution >= 4 is 5.82 Å². The Hall–Kier alpha value is -2.80. The second-order valence-electron chi connectivity index (χ2n) is 5.26. The van der Waals surface area contributed by atoms with Crippen LogP contribution in [-0.2, 0) is 19.6 Å². The summed E-state index contributed by atoms with van der Waals surface area (Å²) in [4.78, 5) is 11.1. The zero-order chi connectivity index (χ0) is 15.9. The van der Waals surface area contributed by atoms with E-state index in [1.54, 1.807) is 10.9 Å². The molecule has 7 heteroatoms. The predicted octanol–water partition coefficient (Wildman–Crippen LogP) is 1.35. The van der Waals surface area contributed by atoms with Gasteiger partial charge in [0.25, 0.3) is 0 Å². The second-order valence-corrected chi connectivity index (χ2v) is 5.26. The molecule has 3 heterocycles. The summed E-state index contributed by atoms with van der Waals surface area (Å²) in [7, 11) is 0. The van der Waals surface area contributed by atoms with E-state index < -0.39 is 0 Å². The minimum atomic E-state index is 0.436. The highest BCUT2D eigenvalue weighted by atomic mass is 15.4. The molecule has 0 saturated carbocycles. The molecule has 3 aromatic rings. The third-order valence-electron chi connectivity index (χ3n) is 3.43. The van der Waals surface area contributed by atoms with Crippen LogP contribution in [0.25, 0.3) is 0 Å². The van der Waals surface area contributed by atoms with Gasteiger partial charge in [0, 0.05) is 32.0 Å². The number of anilines is 1. The van der Waals surface area contributed by atoms with E-state index >= 15 is 0 Å². The van der Waals surface area contributed by atoms with Crippen LogP contribution in [-0.4, -0.2) is 36.4 Å². The summed E-state index contributed by atoms with van der Waals surface area (Å²) in [5.41, 5.74) is 7.66. The maximum Gasteiger partial charge on any atom is 0.165 e. The van der Waals surface area contributed by atoms with Gasteiger partial charge in [-0.25, -0.2) is 4.68 Å². The largest absolute Gasteiger partial charge is 0.381 e. The Balaban J connectivity index is 1.67. The lowest BCUT2D eigenvalue weighted by Gasteiger charge is -2.21. The van der Waals surface area contributed by atoms with Crippen LogP contribution in [0.2, 0.25) is 0 Å². The van der Waals surface area contributed by atoms with Crippen LogP contribution in [0.4, 0.5) is 5.82 Å². The predicted molar refractivity (Wildman–Crippen MR) is 87.0 cm³/mol. The van der Waals surface area contributed by atoms with Gasteiger partial charge in [0.15, 0.2) is 5.82 Å². The maximum atomic E-state index is 5.60. The van der Waals surface area contributed by atoms with Gasteiger partial charge in [-0.3, -0.25) is 14.9 Å². The van der Waals surface area contributed by atoms with Crippen molar-refractivity contribution in [1.82, 2.24) is 29.9 Å². The summed E-state index contributed by atoms with van der Waals surface area (Å²) in [5.74, 6) is 0.436. The van der Waals surface area contributed by atoms with Crippen LogP contribution in [0.15, 0.2) is 55.0 Å². The first-order valence-corrected chi connectivity index (χ1v) is 7.47. The minimum absolute atomic E-state index is 0.436. The fraction of sp³-hybridized carbons (Fsp3) is 0.250. The van der Waals surface area contributed by atoms with Gasteiger partial charge in [-0.15, -0.1) is 5.10 Å². The van der Waals surface area contributed by atoms with Crippen molar-refractivity contribution in [1.29, 1.82) is 0 Å². The van der Waals surface area contributed by atoms with Gasteiger partial charge in [-0.2, -0.15) is 0 Å². The van der Waals surface area contributed by atoms with E-state index in [-0.39, 0.29) is 0 Å². The van der Waals surface area contributed by atoms with Gasteiger partial charge in [0.1, 0.15) is 0 Å². The number of aromatic nitrogens is 5. The Morgan fingerprint density at radius 2 is 1.61 bits per heavy atom. The first kappa shape index (κ1) is 15.1. The molecule has 0 amide bonds. The number of nitrogen functional groups attached to an aromatic ring is 1. The third-order valence-corrected chi connectivity index (χ3v) is 3.43. The topological polar surface area (TPSA) is 85.8 Å². The van der Waals surface area contributed by atoms with Crippen LogP contribution in [0.3, 0.4) is 0 Å². The third kappa shape index (κ3) is 4.58. The van der Waals surface area contributed by atoms with Gasteiger partial charge in [-0.05, 0) is 24.3 Å². The molecule has 0 atom stereocenters. The molecule has 3 rings (SSSR count). The molecule has 3 aromatic heterocycles. The molecular weight excluding hydrogens is 290 g/mol. The summed E-state index contributed by atoms with van der Waals surface area (Å²) >= 11 is 0. The molecule has 0 unspecified atom stereocenters. The Morgan fingerprint density at radius 1 is 0.957 bits per heavy atom. The molecule has 0 fully saturated rings. The van der Waals surface area contributed by atoms with E-state index in [2.05, 4.69) is 25.2 Å². The molecule has 0 aliphatic heterocycles. The van der Waals surface area contributed by atoms with Gasteiger partial charge < -0.3 is 5.73 Å². The first-order valence-electron chi connectivity index (χ1n) is 7.47. The average molecular weight is 309 g/mol. The summed E-state index contributed by atoms with van der Waals surface area (Å²) < 4.78 is 1.75. The van der Waals surface area contributed by atoms with Crippen LogP contribution in [0, 0.1) is 0 Å². The van der Waals surface area contributed by atoms with Gasteiger partial charge in [0.05, 0.1) is 24.1 Å². The van der Waals surface area contributed by atoms with Crippen LogP contribution < -0.4 is 5.73 Å². The van der Waals surface area contributed by atoms with Crippen molar-refractivity contribution in [2.75, 3.05) is 12.3 Å². The standard InChI is InChI=1S/C16H19N7/c17-16-13-23(21-20-16)10-9-22(11-14-5-1-3-7-18-14)12-15-6-2-4-8-19-15/h1-8,13H,9-12,17H2. The molecule has 0 radical (unpaired) electrons. The monoisotopic (exact) mass is 309 g/mol. The highest BCUT2D eigenvalue weighted by Gasteiger charge is 2.09. The number of hydrogen-bond acceptors (Lipinski definition) is 6. The number of pyridine rings is 2. The lowest BCUT2D eigenvalue weighted by molar-refractivity contribution is 0.236. The van der Waals surface area contributed by atoms with Gasteiger partial charge in [0.2, 0.25) is 0 Å². The molecule has 0 aromatic carbocycles. The Bertz CT molecular complexity index is 670. The van der Waals surface area contributed by atoms with Gasteiger partial charge >= 0.3 is 0 Å². The molecule has 2 N–H and O–H groups in total. The molecule has 0 bridgehead atoms. The fourth-order valence-corrected chi connectivity index (χ4v) is 2.32. The van der Waals surface area contributed by atoms with Crippen molar-refractivity contribution in [3.8, 4) is 0 Å². The van der Waals surface area contributed by atoms with Crippen molar-refractivity contribution in [2.45, 2.75) is 19.6 Å². The lowest BCUT2D eigenvalue weighted by Crippen LogP contribution is -2.27. The Kier molecular flexibility index (Phi) is 4.90. The van der Waals surface area contributed by atoms with Crippen LogP contribution in [0.5, 0.6) is 0 Å². The van der Waals surface area contributed by atoms with E-state index in [4.69, 9.17) is 5.73 Å². The maximum absolute atomic E-state index is 5.60. The quantitative estimate of drug-likeness (QED) is 0.709. The molecule has 0 saturated heterocycles. The SMILES string of the molecule is Nc1cn(CCN(Cc2ccccn2)Cc2ccccn2)nn1. The summed E-state index contributed by atoms with van der Waals surface area (Å²) in [6.45, 7) is 3.02. The zero-order valence-electron chi connectivity index (χ0n) is 12.8. The highest BCUT2D eigenvalue weighted by Crippen LogP contribution is 2.07. The van der Waals surface area contributed by atoms with E-state index in [1.807, 2.05) is 48.8 Å². The number of nitrogens with zero attached hydrogens (tertiary/aromatic N) is 6. The highest BCUT2D eigenvalue weighted by molar-refractivity contribution is 5.19. The molecular formula is C16H19N7. The molecule has 118 valence electrons. The molecule has 23 heavy (non-hydrogen) atoms. The molecule has 0 aliphatic carbocycles. The lowest BCUT2D eigenvalue weighted by atomic mass is 10.3. The normalized spacial score (nSPS) is 11.0. The molecule has 0 aliphatic rings. The molecule has 0 spiro atoms. The smallest absolute Gasteiger partial charge is 0.165 e. The van der Waals surface area contributed by atoms with E-state index in [9.17, 15) is 0 Å². The minimum Gasteiger partial charge on any atom is -0.381 e. The first-order chi connectivity index (χ1) is 11.3. The summed E-state index contributed by atoms with van der Waals surface area (Å²) in [6, 6.07) is 11.9. The average Bonchev–Trinajstić information content (AvgIpc) is 3.00. The van der Waals surface area contributed by atoms with Crippen molar-refractivity contribution < 1.29 is 0 Å². The summed E-state index contributed by atoms with van der Waals surface area (Å²) in [5, 5.41) is 7.80. The van der Waals surface area contributed by atoms with Crippen molar-refractivity contribution in [2.24, 2.45) is 0 Å². The number of rotatable bonds is 7. The van der Waals surface area contributed by atoms with Crippen molar-refractivity contribution in [3.05, 3.63) is 66.4 Å². The summed E-state index contributed by atoms with van der Waals surface area (Å²) in [6.07, 6.45) is 5.36. The van der Waals surface area contributed by atoms with E-state index in [0.29, 0.717) is 12.4 Å². The van der Waals surface area contributed by atoms with Crippen LogP contribution >= 0.6 is 0 Å². The van der Waals surface area contributed by atoms with Crippen LogP contribution in [0.1, 0.15) is 11.4 Å². The van der Waals surface area contributed by atoms with E-state index in [0.717, 1.165) is 31.0 Å². The van der Waals surface area contributed by atoms with Gasteiger partial charge in [-0.1, -0.05) is 17.3 Å². The van der Waals surface area contributed by atoms with E-state index in [1.165, 1.54) is 0 Å². The Labute approximate surface area is 134 Å². The fourth-order valence-electron chi connectivity index (χ4n) is 2.32.